The van der Waals surface area contributed by atoms with Crippen molar-refractivity contribution in [2.75, 3.05) is 41.5 Å². The topological polar surface area (TPSA) is 64.1 Å². The predicted molar refractivity (Wildman–Crippen MR) is 123 cm³/mol. The first-order chi connectivity index (χ1) is 12.7. The molecule has 1 heterocycles. The van der Waals surface area contributed by atoms with Crippen LogP contribution in [0.4, 0.5) is 0 Å². The molecule has 2 rings (SSSR count). The third-order valence-electron chi connectivity index (χ3n) is 3.94. The lowest BCUT2D eigenvalue weighted by Gasteiger charge is -2.16. The van der Waals surface area contributed by atoms with Crippen molar-refractivity contribution in [3.63, 3.8) is 0 Å². The molecule has 0 spiro atoms. The third-order valence-corrected chi connectivity index (χ3v) is 4.88. The summed E-state index contributed by atoms with van der Waals surface area (Å²) >= 11 is 1.77. The molecule has 1 aromatic heterocycles. The van der Waals surface area contributed by atoms with Crippen LogP contribution in [0.1, 0.15) is 10.4 Å². The van der Waals surface area contributed by atoms with Crippen LogP contribution in [-0.4, -0.2) is 47.4 Å². The first kappa shape index (κ1) is 23.4. The number of methoxy groups -OCH3 is 3. The molecule has 2 N–H and O–H groups in total. The summed E-state index contributed by atoms with van der Waals surface area (Å²) in [6.45, 7) is 1.57. The maximum atomic E-state index is 5.52. The number of thiophene rings is 1. The van der Waals surface area contributed by atoms with Gasteiger partial charge in [-0.2, -0.15) is 0 Å². The maximum absolute atomic E-state index is 5.52. The fourth-order valence-corrected chi connectivity index (χ4v) is 3.36. The van der Waals surface area contributed by atoms with Gasteiger partial charge in [0.2, 0.25) is 5.75 Å². The van der Waals surface area contributed by atoms with Gasteiger partial charge >= 0.3 is 0 Å². The van der Waals surface area contributed by atoms with Crippen molar-refractivity contribution in [2.24, 2.45) is 4.99 Å². The molecule has 0 fully saturated rings. The van der Waals surface area contributed by atoms with Crippen LogP contribution in [0.25, 0.3) is 0 Å². The minimum absolute atomic E-state index is 0. The van der Waals surface area contributed by atoms with Crippen LogP contribution < -0.4 is 24.8 Å². The highest BCUT2D eigenvalue weighted by atomic mass is 127. The number of hydrogen-bond donors (Lipinski definition) is 2. The van der Waals surface area contributed by atoms with E-state index in [1.807, 2.05) is 12.1 Å². The molecule has 0 aliphatic carbocycles. The lowest BCUT2D eigenvalue weighted by molar-refractivity contribution is 0.322. The molecule has 27 heavy (non-hydrogen) atoms. The Hall–Kier alpha value is -1.68. The normalized spacial score (nSPS) is 10.7. The summed E-state index contributed by atoms with van der Waals surface area (Å²) in [6.07, 6.45) is 1.76. The van der Waals surface area contributed by atoms with E-state index in [1.54, 1.807) is 39.7 Å². The highest BCUT2D eigenvalue weighted by molar-refractivity contribution is 14.0. The van der Waals surface area contributed by atoms with Crippen molar-refractivity contribution in [3.05, 3.63) is 40.1 Å². The number of nitrogens with zero attached hydrogens (tertiary/aromatic N) is 1. The molecule has 0 saturated heterocycles. The molecule has 0 saturated carbocycles. The van der Waals surface area contributed by atoms with Crippen molar-refractivity contribution in [1.29, 1.82) is 0 Å². The number of hydrogen-bond acceptors (Lipinski definition) is 5. The van der Waals surface area contributed by atoms with Crippen LogP contribution in [0.5, 0.6) is 17.2 Å². The largest absolute Gasteiger partial charge is 0.493 e. The van der Waals surface area contributed by atoms with Gasteiger partial charge < -0.3 is 24.8 Å². The number of halogens is 1. The van der Waals surface area contributed by atoms with Crippen LogP contribution in [0.3, 0.4) is 0 Å². The average Bonchev–Trinajstić information content (AvgIpc) is 3.19. The second-order valence-electron chi connectivity index (χ2n) is 5.50. The Morgan fingerprint density at radius 2 is 1.67 bits per heavy atom. The van der Waals surface area contributed by atoms with Crippen LogP contribution >= 0.6 is 35.3 Å². The lowest BCUT2D eigenvalue weighted by atomic mass is 10.1. The zero-order chi connectivity index (χ0) is 18.8. The standard InChI is InChI=1S/C19H27N3O3S.HI/c1-20-19(22-12-10-15-6-5-13-26-15)21-11-9-14-7-8-16(23-2)18(25-4)17(14)24-3;/h5-8,13H,9-12H2,1-4H3,(H2,20,21,22);1H. The van der Waals surface area contributed by atoms with E-state index >= 15 is 0 Å². The second-order valence-corrected chi connectivity index (χ2v) is 6.53. The Balaban J connectivity index is 0.00000364. The summed E-state index contributed by atoms with van der Waals surface area (Å²) in [5, 5.41) is 8.76. The van der Waals surface area contributed by atoms with Crippen LogP contribution in [0, 0.1) is 0 Å². The average molecular weight is 505 g/mol. The fraction of sp³-hybridized carbons (Fsp3) is 0.421. The van der Waals surface area contributed by atoms with Gasteiger partial charge in [0.15, 0.2) is 17.5 Å². The molecule has 0 bridgehead atoms. The quantitative estimate of drug-likeness (QED) is 0.311. The minimum Gasteiger partial charge on any atom is -0.493 e. The van der Waals surface area contributed by atoms with Crippen molar-refractivity contribution in [1.82, 2.24) is 10.6 Å². The summed E-state index contributed by atoms with van der Waals surface area (Å²) in [5.74, 6) is 2.77. The maximum Gasteiger partial charge on any atom is 0.203 e. The zero-order valence-corrected chi connectivity index (χ0v) is 19.4. The Labute approximate surface area is 182 Å². The van der Waals surface area contributed by atoms with E-state index in [9.17, 15) is 0 Å². The number of benzene rings is 1. The summed E-state index contributed by atoms with van der Waals surface area (Å²) in [4.78, 5) is 5.63. The fourth-order valence-electron chi connectivity index (χ4n) is 2.66. The molecule has 0 aliphatic rings. The van der Waals surface area contributed by atoms with Crippen molar-refractivity contribution in [3.8, 4) is 17.2 Å². The highest BCUT2D eigenvalue weighted by Crippen LogP contribution is 2.39. The minimum atomic E-state index is 0. The van der Waals surface area contributed by atoms with Gasteiger partial charge in [-0.05, 0) is 30.4 Å². The van der Waals surface area contributed by atoms with Crippen molar-refractivity contribution in [2.45, 2.75) is 12.8 Å². The molecule has 150 valence electrons. The number of ether oxygens (including phenoxy) is 3. The number of guanidine groups is 1. The van der Waals surface area contributed by atoms with Gasteiger partial charge in [-0.15, -0.1) is 35.3 Å². The number of nitrogens with one attached hydrogen (secondary N) is 2. The Bertz CT molecular complexity index is 708. The molecular formula is C19H28IN3O3S. The van der Waals surface area contributed by atoms with E-state index in [1.165, 1.54) is 4.88 Å². The van der Waals surface area contributed by atoms with Gasteiger partial charge in [0.1, 0.15) is 0 Å². The van der Waals surface area contributed by atoms with E-state index in [0.717, 1.165) is 37.5 Å². The van der Waals surface area contributed by atoms with Gasteiger partial charge in [-0.25, -0.2) is 0 Å². The van der Waals surface area contributed by atoms with Gasteiger partial charge in [-0.3, -0.25) is 4.99 Å². The van der Waals surface area contributed by atoms with E-state index in [2.05, 4.69) is 33.1 Å². The van der Waals surface area contributed by atoms with Gasteiger partial charge in [0.05, 0.1) is 21.3 Å². The summed E-state index contributed by atoms with van der Waals surface area (Å²) in [5.41, 5.74) is 1.05. The first-order valence-corrected chi connectivity index (χ1v) is 9.36. The van der Waals surface area contributed by atoms with E-state index in [4.69, 9.17) is 14.2 Å². The number of rotatable bonds is 9. The van der Waals surface area contributed by atoms with Crippen LogP contribution in [0.15, 0.2) is 34.6 Å². The second kappa shape index (κ2) is 12.7. The van der Waals surface area contributed by atoms with Gasteiger partial charge in [0, 0.05) is 30.6 Å². The van der Waals surface area contributed by atoms with Crippen molar-refractivity contribution < 1.29 is 14.2 Å². The first-order valence-electron chi connectivity index (χ1n) is 8.48. The molecule has 1 aromatic carbocycles. The third kappa shape index (κ3) is 6.76. The highest BCUT2D eigenvalue weighted by Gasteiger charge is 2.15. The van der Waals surface area contributed by atoms with Gasteiger partial charge in [-0.1, -0.05) is 12.1 Å². The molecule has 8 heteroatoms. The monoisotopic (exact) mass is 505 g/mol. The Morgan fingerprint density at radius 3 is 2.22 bits per heavy atom. The molecule has 0 amide bonds. The molecule has 6 nitrogen and oxygen atoms in total. The molecule has 0 atom stereocenters. The van der Waals surface area contributed by atoms with E-state index in [0.29, 0.717) is 17.2 Å². The van der Waals surface area contributed by atoms with Gasteiger partial charge in [0.25, 0.3) is 0 Å². The lowest BCUT2D eigenvalue weighted by Crippen LogP contribution is -2.39. The molecule has 2 aromatic rings. The SMILES string of the molecule is CN=C(NCCc1cccs1)NCCc1ccc(OC)c(OC)c1OC.I. The van der Waals surface area contributed by atoms with Crippen molar-refractivity contribution >= 4 is 41.3 Å². The summed E-state index contributed by atoms with van der Waals surface area (Å²) < 4.78 is 16.3. The van der Waals surface area contributed by atoms with E-state index in [-0.39, 0.29) is 24.0 Å². The van der Waals surface area contributed by atoms with Crippen LogP contribution in [0.2, 0.25) is 0 Å². The zero-order valence-electron chi connectivity index (χ0n) is 16.2. The summed E-state index contributed by atoms with van der Waals surface area (Å²) in [6, 6.07) is 8.11. The molecular weight excluding hydrogens is 477 g/mol. The summed E-state index contributed by atoms with van der Waals surface area (Å²) in [7, 11) is 6.64. The molecule has 0 radical (unpaired) electrons. The predicted octanol–water partition coefficient (Wildman–Crippen LogP) is 3.34. The Morgan fingerprint density at radius 1 is 0.963 bits per heavy atom. The van der Waals surface area contributed by atoms with Crippen LogP contribution in [-0.2, 0) is 12.8 Å². The Kier molecular flexibility index (Phi) is 11.0. The van der Waals surface area contributed by atoms with E-state index < -0.39 is 0 Å². The smallest absolute Gasteiger partial charge is 0.203 e. The molecule has 0 unspecified atom stereocenters. The number of aliphatic imine (C=N–C) groups is 1. The molecule has 0 aliphatic heterocycles.